The topological polar surface area (TPSA) is 62.1 Å². The molecular weight excluding hydrogens is 216 g/mol. The normalized spacial score (nSPS) is 13.6. The van der Waals surface area contributed by atoms with E-state index >= 15 is 0 Å². The highest BCUT2D eigenvalue weighted by Gasteiger charge is 2.19. The molecule has 0 heterocycles. The molecule has 0 bridgehead atoms. The Labute approximate surface area is 100 Å². The molecule has 0 atom stereocenters. The van der Waals surface area contributed by atoms with Crippen LogP contribution in [0.25, 0.3) is 0 Å². The van der Waals surface area contributed by atoms with Crippen LogP contribution in [0.1, 0.15) is 39.9 Å². The predicted molar refractivity (Wildman–Crippen MR) is 62.3 cm³/mol. The first-order valence-electron chi connectivity index (χ1n) is 5.65. The van der Waals surface area contributed by atoms with Gasteiger partial charge in [-0.3, -0.25) is 9.63 Å². The van der Waals surface area contributed by atoms with Gasteiger partial charge >= 0.3 is 0 Å². The third-order valence-corrected chi connectivity index (χ3v) is 3.03. The lowest BCUT2D eigenvalue weighted by Gasteiger charge is -2.19. The standard InChI is InChI=1S/C13H14N2O2/c1-17-15-13(16)12-7-9(8-14)6-10-4-2-3-5-11(10)12/h6-7H,2-5H2,1H3,(H,15,16). The van der Waals surface area contributed by atoms with Crippen molar-refractivity contribution in [3.05, 3.63) is 34.4 Å². The Balaban J connectivity index is 2.48. The zero-order chi connectivity index (χ0) is 12.3. The zero-order valence-corrected chi connectivity index (χ0v) is 9.75. The minimum atomic E-state index is -0.275. The third kappa shape index (κ3) is 2.29. The number of aryl methyl sites for hydroxylation is 1. The summed E-state index contributed by atoms with van der Waals surface area (Å²) >= 11 is 0. The van der Waals surface area contributed by atoms with Crippen molar-refractivity contribution in [2.45, 2.75) is 25.7 Å². The number of hydrogen-bond donors (Lipinski definition) is 1. The number of hydroxylamine groups is 1. The van der Waals surface area contributed by atoms with Crippen LogP contribution in [0.15, 0.2) is 12.1 Å². The highest BCUT2D eigenvalue weighted by molar-refractivity contribution is 5.95. The molecule has 1 aromatic carbocycles. The van der Waals surface area contributed by atoms with E-state index in [1.165, 1.54) is 7.11 Å². The molecule has 4 heteroatoms. The fourth-order valence-corrected chi connectivity index (χ4v) is 2.28. The predicted octanol–water partition coefficient (Wildman–Crippen LogP) is 1.73. The van der Waals surface area contributed by atoms with Gasteiger partial charge in [0.15, 0.2) is 0 Å². The maximum absolute atomic E-state index is 11.8. The molecule has 0 radical (unpaired) electrons. The summed E-state index contributed by atoms with van der Waals surface area (Å²) in [5.41, 5.74) is 5.60. The average molecular weight is 230 g/mol. The van der Waals surface area contributed by atoms with Crippen molar-refractivity contribution in [3.63, 3.8) is 0 Å². The number of nitrogens with one attached hydrogen (secondary N) is 1. The van der Waals surface area contributed by atoms with Crippen molar-refractivity contribution in [1.82, 2.24) is 5.48 Å². The van der Waals surface area contributed by atoms with E-state index in [-0.39, 0.29) is 5.91 Å². The second kappa shape index (κ2) is 4.98. The van der Waals surface area contributed by atoms with Gasteiger partial charge in [0, 0.05) is 5.56 Å². The first-order valence-corrected chi connectivity index (χ1v) is 5.65. The monoisotopic (exact) mass is 230 g/mol. The van der Waals surface area contributed by atoms with Crippen LogP contribution in [0.4, 0.5) is 0 Å². The number of nitriles is 1. The summed E-state index contributed by atoms with van der Waals surface area (Å²) in [6, 6.07) is 5.62. The van der Waals surface area contributed by atoms with E-state index in [1.807, 2.05) is 6.07 Å². The van der Waals surface area contributed by atoms with Crippen molar-refractivity contribution < 1.29 is 9.63 Å². The summed E-state index contributed by atoms with van der Waals surface area (Å²) in [7, 11) is 1.40. The molecular formula is C13H14N2O2. The Kier molecular flexibility index (Phi) is 3.40. The Hall–Kier alpha value is -1.86. The van der Waals surface area contributed by atoms with E-state index in [4.69, 9.17) is 5.26 Å². The van der Waals surface area contributed by atoms with E-state index in [1.54, 1.807) is 6.07 Å². The molecule has 2 rings (SSSR count). The molecule has 4 nitrogen and oxygen atoms in total. The van der Waals surface area contributed by atoms with Crippen LogP contribution in [-0.4, -0.2) is 13.0 Å². The van der Waals surface area contributed by atoms with Crippen molar-refractivity contribution in [2.24, 2.45) is 0 Å². The summed E-state index contributed by atoms with van der Waals surface area (Å²) in [5, 5.41) is 8.96. The fraction of sp³-hybridized carbons (Fsp3) is 0.385. The van der Waals surface area contributed by atoms with Gasteiger partial charge in [0.25, 0.3) is 5.91 Å². The van der Waals surface area contributed by atoms with Crippen LogP contribution in [0.2, 0.25) is 0 Å². The minimum Gasteiger partial charge on any atom is -0.277 e. The molecule has 0 fully saturated rings. The number of rotatable bonds is 2. The van der Waals surface area contributed by atoms with Crippen LogP contribution in [-0.2, 0) is 17.7 Å². The van der Waals surface area contributed by atoms with Crippen molar-refractivity contribution in [2.75, 3.05) is 7.11 Å². The fourth-order valence-electron chi connectivity index (χ4n) is 2.28. The molecule has 0 saturated heterocycles. The van der Waals surface area contributed by atoms with Crippen LogP contribution in [0.5, 0.6) is 0 Å². The quantitative estimate of drug-likeness (QED) is 0.787. The Morgan fingerprint density at radius 2 is 2.18 bits per heavy atom. The van der Waals surface area contributed by atoms with E-state index in [0.717, 1.165) is 36.8 Å². The molecule has 1 aliphatic rings. The molecule has 0 spiro atoms. The molecule has 1 aliphatic carbocycles. The lowest BCUT2D eigenvalue weighted by Crippen LogP contribution is -2.24. The highest BCUT2D eigenvalue weighted by Crippen LogP contribution is 2.26. The van der Waals surface area contributed by atoms with Crippen LogP contribution < -0.4 is 5.48 Å². The number of amides is 1. The summed E-state index contributed by atoms with van der Waals surface area (Å²) in [6.07, 6.45) is 4.05. The largest absolute Gasteiger partial charge is 0.277 e. The van der Waals surface area contributed by atoms with Crippen molar-refractivity contribution >= 4 is 5.91 Å². The Morgan fingerprint density at radius 3 is 2.88 bits per heavy atom. The van der Waals surface area contributed by atoms with E-state index in [9.17, 15) is 4.79 Å². The third-order valence-electron chi connectivity index (χ3n) is 3.03. The van der Waals surface area contributed by atoms with Gasteiger partial charge in [-0.05, 0) is 48.9 Å². The summed E-state index contributed by atoms with van der Waals surface area (Å²) in [5.74, 6) is -0.275. The average Bonchev–Trinajstić information content (AvgIpc) is 2.37. The first kappa shape index (κ1) is 11.6. The van der Waals surface area contributed by atoms with Gasteiger partial charge in [-0.1, -0.05) is 0 Å². The van der Waals surface area contributed by atoms with Crippen LogP contribution in [0, 0.1) is 11.3 Å². The Morgan fingerprint density at radius 1 is 1.41 bits per heavy atom. The molecule has 0 saturated carbocycles. The number of carbonyl (C=O) groups is 1. The molecule has 17 heavy (non-hydrogen) atoms. The van der Waals surface area contributed by atoms with E-state index in [0.29, 0.717) is 11.1 Å². The maximum atomic E-state index is 11.8. The molecule has 88 valence electrons. The second-order valence-corrected chi connectivity index (χ2v) is 4.12. The number of benzene rings is 1. The first-order chi connectivity index (χ1) is 8.26. The molecule has 0 unspecified atom stereocenters. The van der Waals surface area contributed by atoms with Gasteiger partial charge in [-0.15, -0.1) is 0 Å². The Bertz CT molecular complexity index is 489. The minimum absolute atomic E-state index is 0.275. The smallest absolute Gasteiger partial charge is 0.275 e. The number of carbonyl (C=O) groups excluding carboxylic acids is 1. The van der Waals surface area contributed by atoms with E-state index < -0.39 is 0 Å². The lowest BCUT2D eigenvalue weighted by atomic mass is 9.86. The number of nitrogens with zero attached hydrogens (tertiary/aromatic N) is 1. The number of hydrogen-bond acceptors (Lipinski definition) is 3. The SMILES string of the molecule is CONC(=O)c1cc(C#N)cc2c1CCCC2. The summed E-state index contributed by atoms with van der Waals surface area (Å²) < 4.78 is 0. The molecule has 1 N–H and O–H groups in total. The number of fused-ring (bicyclic) bond motifs is 1. The summed E-state index contributed by atoms with van der Waals surface area (Å²) in [6.45, 7) is 0. The highest BCUT2D eigenvalue weighted by atomic mass is 16.6. The van der Waals surface area contributed by atoms with Gasteiger partial charge < -0.3 is 0 Å². The molecule has 1 aromatic rings. The van der Waals surface area contributed by atoms with Gasteiger partial charge in [-0.25, -0.2) is 5.48 Å². The lowest BCUT2D eigenvalue weighted by molar-refractivity contribution is 0.0536. The molecule has 0 aliphatic heterocycles. The maximum Gasteiger partial charge on any atom is 0.275 e. The summed E-state index contributed by atoms with van der Waals surface area (Å²) in [4.78, 5) is 16.5. The second-order valence-electron chi connectivity index (χ2n) is 4.12. The van der Waals surface area contributed by atoms with Gasteiger partial charge in [0.1, 0.15) is 0 Å². The van der Waals surface area contributed by atoms with Crippen molar-refractivity contribution in [3.8, 4) is 6.07 Å². The van der Waals surface area contributed by atoms with Crippen LogP contribution in [0.3, 0.4) is 0 Å². The van der Waals surface area contributed by atoms with Gasteiger partial charge in [0.05, 0.1) is 18.7 Å². The van der Waals surface area contributed by atoms with Gasteiger partial charge in [0.2, 0.25) is 0 Å². The van der Waals surface area contributed by atoms with Crippen LogP contribution >= 0.6 is 0 Å². The van der Waals surface area contributed by atoms with E-state index in [2.05, 4.69) is 16.4 Å². The van der Waals surface area contributed by atoms with Crippen molar-refractivity contribution in [1.29, 1.82) is 5.26 Å². The molecule has 1 amide bonds. The van der Waals surface area contributed by atoms with Gasteiger partial charge in [-0.2, -0.15) is 5.26 Å². The molecule has 0 aromatic heterocycles. The zero-order valence-electron chi connectivity index (χ0n) is 9.75.